The van der Waals surface area contributed by atoms with Crippen LogP contribution in [0.3, 0.4) is 0 Å². The first-order valence-corrected chi connectivity index (χ1v) is 14.7. The second-order valence-corrected chi connectivity index (χ2v) is 13.4. The van der Waals surface area contributed by atoms with Crippen molar-refractivity contribution < 1.29 is 47.6 Å². The lowest BCUT2D eigenvalue weighted by Crippen LogP contribution is -2.63. The zero-order chi connectivity index (χ0) is 28.0. The van der Waals surface area contributed by atoms with Crippen LogP contribution in [0, 0.1) is 47.0 Å². The summed E-state index contributed by atoms with van der Waals surface area (Å²) in [7, 11) is -1.49. The van der Waals surface area contributed by atoms with Crippen molar-refractivity contribution in [2.75, 3.05) is 13.2 Å². The van der Waals surface area contributed by atoms with Gasteiger partial charge in [0.1, 0.15) is 27.4 Å². The molecule has 1 aliphatic heterocycles. The SMILES string of the molecule is CC(=O)OC[C@H]1O[C@@H](OCC#CC#CC#CC#C[Si](C)(C)C)[C@H](OC(C)=O)[C@@H](OC(C)=O)[C@@H]1OC(C)=O. The molecule has 0 aliphatic carbocycles. The van der Waals surface area contributed by atoms with E-state index in [1.807, 2.05) is 0 Å². The highest BCUT2D eigenvalue weighted by Crippen LogP contribution is 2.29. The number of hydrogen-bond donors (Lipinski definition) is 0. The standard InChI is InChI=1S/C26H30O10Si/c1-18(27)32-17-22-23(33-19(2)28)24(34-20(3)29)25(35-21(4)30)26(36-22)31-15-13-11-9-8-10-12-14-16-37(5,6)7/h22-26H,15,17H2,1-7H3/t22-,23-,24+,25-,26-/m1/s1. The average Bonchev–Trinajstić information content (AvgIpc) is 2.75. The van der Waals surface area contributed by atoms with Crippen LogP contribution in [0.1, 0.15) is 27.7 Å². The molecule has 0 saturated carbocycles. The van der Waals surface area contributed by atoms with E-state index in [4.69, 9.17) is 28.4 Å². The fraction of sp³-hybridized carbons (Fsp3) is 0.538. The van der Waals surface area contributed by atoms with Gasteiger partial charge in [-0.2, -0.15) is 0 Å². The molecule has 1 heterocycles. The van der Waals surface area contributed by atoms with Gasteiger partial charge in [-0.3, -0.25) is 19.2 Å². The molecule has 0 amide bonds. The zero-order valence-corrected chi connectivity index (χ0v) is 22.9. The van der Waals surface area contributed by atoms with Crippen LogP contribution in [0.15, 0.2) is 0 Å². The first-order chi connectivity index (χ1) is 17.3. The number of hydrogen-bond acceptors (Lipinski definition) is 10. The van der Waals surface area contributed by atoms with Gasteiger partial charge in [-0.25, -0.2) is 0 Å². The molecule has 10 nitrogen and oxygen atoms in total. The highest BCUT2D eigenvalue weighted by molar-refractivity contribution is 6.83. The van der Waals surface area contributed by atoms with Crippen LogP contribution in [-0.4, -0.2) is 75.9 Å². The largest absolute Gasteiger partial charge is 0.463 e. The van der Waals surface area contributed by atoms with Gasteiger partial charge in [0.25, 0.3) is 0 Å². The van der Waals surface area contributed by atoms with E-state index in [9.17, 15) is 19.2 Å². The first kappa shape index (κ1) is 31.3. The number of ether oxygens (including phenoxy) is 6. The topological polar surface area (TPSA) is 124 Å². The van der Waals surface area contributed by atoms with Crippen LogP contribution >= 0.6 is 0 Å². The molecule has 5 atom stereocenters. The van der Waals surface area contributed by atoms with Gasteiger partial charge in [-0.1, -0.05) is 25.6 Å². The molecule has 1 aliphatic rings. The predicted molar refractivity (Wildman–Crippen MR) is 132 cm³/mol. The lowest BCUT2D eigenvalue weighted by atomic mass is 9.98. The molecule has 0 radical (unpaired) electrons. The first-order valence-electron chi connectivity index (χ1n) is 11.2. The summed E-state index contributed by atoms with van der Waals surface area (Å²) in [4.78, 5) is 46.7. The second-order valence-electron chi connectivity index (χ2n) is 8.68. The molecular weight excluding hydrogens is 500 g/mol. The van der Waals surface area contributed by atoms with Gasteiger partial charge in [0, 0.05) is 27.7 Å². The monoisotopic (exact) mass is 530 g/mol. The zero-order valence-electron chi connectivity index (χ0n) is 21.9. The molecule has 0 aromatic heterocycles. The van der Waals surface area contributed by atoms with Crippen molar-refractivity contribution in [3.63, 3.8) is 0 Å². The number of carbonyl (C=O) groups excluding carboxylic acids is 4. The van der Waals surface area contributed by atoms with Crippen molar-refractivity contribution in [1.29, 1.82) is 0 Å². The van der Waals surface area contributed by atoms with Crippen molar-refractivity contribution in [2.45, 2.75) is 78.0 Å². The minimum Gasteiger partial charge on any atom is -0.463 e. The third-order valence-corrected chi connectivity index (χ3v) is 4.98. The maximum atomic E-state index is 11.8. The molecule has 0 bridgehead atoms. The highest BCUT2D eigenvalue weighted by atomic mass is 28.3. The summed E-state index contributed by atoms with van der Waals surface area (Å²) in [5.41, 5.74) is 3.09. The van der Waals surface area contributed by atoms with Crippen LogP contribution in [0.5, 0.6) is 0 Å². The van der Waals surface area contributed by atoms with E-state index in [1.165, 1.54) is 6.92 Å². The van der Waals surface area contributed by atoms with Crippen molar-refractivity contribution in [3.8, 4) is 47.0 Å². The Labute approximate surface area is 218 Å². The lowest BCUT2D eigenvalue weighted by Gasteiger charge is -2.43. The van der Waals surface area contributed by atoms with Crippen LogP contribution in [0.4, 0.5) is 0 Å². The maximum absolute atomic E-state index is 11.8. The van der Waals surface area contributed by atoms with Crippen LogP contribution in [-0.2, 0) is 47.6 Å². The smallest absolute Gasteiger partial charge is 0.303 e. The molecule has 0 N–H and O–H groups in total. The van der Waals surface area contributed by atoms with Crippen LogP contribution < -0.4 is 0 Å². The van der Waals surface area contributed by atoms with Crippen molar-refractivity contribution in [3.05, 3.63) is 0 Å². The molecule has 0 unspecified atom stereocenters. The Morgan fingerprint density at radius 1 is 0.703 bits per heavy atom. The van der Waals surface area contributed by atoms with E-state index < -0.39 is 62.7 Å². The van der Waals surface area contributed by atoms with Gasteiger partial charge < -0.3 is 28.4 Å². The van der Waals surface area contributed by atoms with E-state index in [-0.39, 0.29) is 13.2 Å². The van der Waals surface area contributed by atoms with E-state index in [1.54, 1.807) is 0 Å². The molecular formula is C26H30O10Si. The Kier molecular flexibility index (Phi) is 13.0. The fourth-order valence-corrected chi connectivity index (χ4v) is 3.31. The quantitative estimate of drug-likeness (QED) is 0.204. The van der Waals surface area contributed by atoms with E-state index in [2.05, 4.69) is 66.6 Å². The van der Waals surface area contributed by atoms with Crippen molar-refractivity contribution in [1.82, 2.24) is 0 Å². The van der Waals surface area contributed by atoms with Gasteiger partial charge >= 0.3 is 23.9 Å². The predicted octanol–water partition coefficient (Wildman–Crippen LogP) is 0.977. The number of rotatable bonds is 7. The molecule has 37 heavy (non-hydrogen) atoms. The highest BCUT2D eigenvalue weighted by Gasteiger charge is 2.52. The molecule has 198 valence electrons. The molecule has 1 saturated heterocycles. The van der Waals surface area contributed by atoms with Gasteiger partial charge in [0.15, 0.2) is 24.6 Å². The summed E-state index contributed by atoms with van der Waals surface area (Å²) < 4.78 is 32.3. The maximum Gasteiger partial charge on any atom is 0.303 e. The molecule has 0 spiro atoms. The van der Waals surface area contributed by atoms with Crippen molar-refractivity contribution >= 4 is 32.0 Å². The summed E-state index contributed by atoms with van der Waals surface area (Å²) in [6, 6.07) is 0. The normalized spacial score (nSPS) is 22.0. The lowest BCUT2D eigenvalue weighted by molar-refractivity contribution is -0.305. The van der Waals surface area contributed by atoms with Gasteiger partial charge in [0.2, 0.25) is 0 Å². The molecule has 11 heteroatoms. The van der Waals surface area contributed by atoms with Gasteiger partial charge in [0.05, 0.1) is 0 Å². The minimum absolute atomic E-state index is 0.217. The van der Waals surface area contributed by atoms with E-state index in [0.717, 1.165) is 20.8 Å². The third kappa shape index (κ3) is 13.2. The fourth-order valence-electron chi connectivity index (χ4n) is 2.87. The summed E-state index contributed by atoms with van der Waals surface area (Å²) in [5, 5.41) is 0. The average molecular weight is 531 g/mol. The molecule has 0 aromatic carbocycles. The second kappa shape index (κ2) is 15.4. The Morgan fingerprint density at radius 3 is 1.76 bits per heavy atom. The minimum atomic E-state index is -1.49. The number of carbonyl (C=O) groups is 4. The summed E-state index contributed by atoms with van der Waals surface area (Å²) in [6.07, 6.45) is -6.30. The Morgan fingerprint density at radius 2 is 1.22 bits per heavy atom. The van der Waals surface area contributed by atoms with Gasteiger partial charge in [-0.05, 0) is 35.5 Å². The summed E-state index contributed by atoms with van der Waals surface area (Å²) in [5.74, 6) is 15.5. The number of esters is 4. The van der Waals surface area contributed by atoms with Crippen LogP contribution in [0.2, 0.25) is 19.6 Å². The Hall–Kier alpha value is -3.74. The van der Waals surface area contributed by atoms with E-state index >= 15 is 0 Å². The Bertz CT molecular complexity index is 1110. The van der Waals surface area contributed by atoms with Crippen LogP contribution in [0.25, 0.3) is 0 Å². The van der Waals surface area contributed by atoms with Gasteiger partial charge in [-0.15, -0.1) is 5.54 Å². The van der Waals surface area contributed by atoms with Crippen molar-refractivity contribution in [2.24, 2.45) is 0 Å². The molecule has 1 rings (SSSR count). The molecule has 1 fully saturated rings. The Balaban J connectivity index is 3.10. The summed E-state index contributed by atoms with van der Waals surface area (Å²) >= 11 is 0. The van der Waals surface area contributed by atoms with E-state index in [0.29, 0.717) is 0 Å². The molecule has 0 aromatic rings. The summed E-state index contributed by atoms with van der Waals surface area (Å²) in [6.45, 7) is 10.3. The third-order valence-electron chi connectivity index (χ3n) is 4.11.